The average Bonchev–Trinajstić information content (AvgIpc) is 2.59. The molecule has 1 aromatic carbocycles. The number of hydrogen-bond acceptors (Lipinski definition) is 4. The normalized spacial score (nSPS) is 12.7. The molecule has 0 heterocycles. The maximum atomic E-state index is 12.6. The summed E-state index contributed by atoms with van der Waals surface area (Å²) in [6.45, 7) is 9.04. The van der Waals surface area contributed by atoms with E-state index in [2.05, 4.69) is 17.2 Å². The van der Waals surface area contributed by atoms with E-state index in [1.807, 2.05) is 13.8 Å². The molecule has 0 aliphatic rings. The molecule has 0 aliphatic carbocycles. The van der Waals surface area contributed by atoms with Gasteiger partial charge < -0.3 is 20.5 Å². The Bertz CT molecular complexity index is 655. The van der Waals surface area contributed by atoms with Crippen molar-refractivity contribution in [3.63, 3.8) is 0 Å². The number of nitrogens with one attached hydrogen (secondary N) is 2. The minimum Gasteiger partial charge on any atom is -0.490 e. The Kier molecular flexibility index (Phi) is 9.05. The van der Waals surface area contributed by atoms with Gasteiger partial charge in [0, 0.05) is 13.3 Å². The van der Waals surface area contributed by atoms with Gasteiger partial charge in [-0.25, -0.2) is 4.79 Å². The first kappa shape index (κ1) is 22.2. The van der Waals surface area contributed by atoms with Crippen LogP contribution in [0.4, 0.5) is 0 Å². The van der Waals surface area contributed by atoms with E-state index in [0.29, 0.717) is 18.8 Å². The van der Waals surface area contributed by atoms with E-state index in [1.165, 1.54) is 6.92 Å². The van der Waals surface area contributed by atoms with Gasteiger partial charge in [0.15, 0.2) is 0 Å². The molecule has 7 heteroatoms. The van der Waals surface area contributed by atoms with Crippen LogP contribution < -0.4 is 15.4 Å². The van der Waals surface area contributed by atoms with E-state index < -0.39 is 24.0 Å². The van der Waals surface area contributed by atoms with Crippen LogP contribution in [0.5, 0.6) is 5.75 Å². The van der Waals surface area contributed by atoms with Gasteiger partial charge in [-0.15, -0.1) is 0 Å². The third-order valence-electron chi connectivity index (χ3n) is 3.75. The van der Waals surface area contributed by atoms with Crippen molar-refractivity contribution < 1.29 is 24.2 Å². The summed E-state index contributed by atoms with van der Waals surface area (Å²) in [5, 5.41) is 14.4. The number of carbonyl (C=O) groups excluding carboxylic acids is 2. The van der Waals surface area contributed by atoms with E-state index >= 15 is 0 Å². The van der Waals surface area contributed by atoms with Crippen molar-refractivity contribution in [2.24, 2.45) is 5.92 Å². The monoisotopic (exact) mass is 376 g/mol. The maximum absolute atomic E-state index is 12.6. The number of carboxylic acid groups (broad SMARTS) is 1. The van der Waals surface area contributed by atoms with Crippen molar-refractivity contribution in [3.05, 3.63) is 42.5 Å². The largest absolute Gasteiger partial charge is 0.490 e. The van der Waals surface area contributed by atoms with Gasteiger partial charge in [-0.3, -0.25) is 9.59 Å². The summed E-state index contributed by atoms with van der Waals surface area (Å²) in [5.74, 6) is -1.21. The molecule has 0 spiro atoms. The zero-order valence-electron chi connectivity index (χ0n) is 16.0. The van der Waals surface area contributed by atoms with E-state index in [-0.39, 0.29) is 18.2 Å². The van der Waals surface area contributed by atoms with Crippen molar-refractivity contribution in [1.82, 2.24) is 10.6 Å². The van der Waals surface area contributed by atoms with E-state index in [9.17, 15) is 19.5 Å². The fourth-order valence-electron chi connectivity index (χ4n) is 2.53. The molecular weight excluding hydrogens is 348 g/mol. The highest BCUT2D eigenvalue weighted by atomic mass is 16.5. The lowest BCUT2D eigenvalue weighted by atomic mass is 10.0. The lowest BCUT2D eigenvalue weighted by Crippen LogP contribution is -2.52. The molecular formula is C20H28N2O5. The first-order valence-corrected chi connectivity index (χ1v) is 8.85. The second-order valence-electron chi connectivity index (χ2n) is 6.73. The summed E-state index contributed by atoms with van der Waals surface area (Å²) >= 11 is 0. The number of carboxylic acids is 1. The molecule has 3 N–H and O–H groups in total. The third kappa shape index (κ3) is 8.40. The molecule has 7 nitrogen and oxygen atoms in total. The summed E-state index contributed by atoms with van der Waals surface area (Å²) in [7, 11) is 0. The number of carbonyl (C=O) groups is 3. The number of rotatable bonds is 11. The summed E-state index contributed by atoms with van der Waals surface area (Å²) in [4.78, 5) is 35.4. The van der Waals surface area contributed by atoms with Crippen LogP contribution in [0.25, 0.3) is 0 Å². The van der Waals surface area contributed by atoms with Gasteiger partial charge in [0.1, 0.15) is 24.4 Å². The van der Waals surface area contributed by atoms with Crippen LogP contribution in [0.2, 0.25) is 0 Å². The highest BCUT2D eigenvalue weighted by Crippen LogP contribution is 2.14. The molecule has 0 saturated heterocycles. The van der Waals surface area contributed by atoms with Crippen molar-refractivity contribution in [3.8, 4) is 5.75 Å². The quantitative estimate of drug-likeness (QED) is 0.512. The molecule has 1 rings (SSSR count). The van der Waals surface area contributed by atoms with E-state index in [0.717, 1.165) is 5.56 Å². The zero-order chi connectivity index (χ0) is 20.4. The van der Waals surface area contributed by atoms with Crippen molar-refractivity contribution >= 4 is 17.8 Å². The highest BCUT2D eigenvalue weighted by molar-refractivity contribution is 5.90. The van der Waals surface area contributed by atoms with Crippen molar-refractivity contribution in [2.75, 3.05) is 6.61 Å². The first-order chi connectivity index (χ1) is 12.7. The Balaban J connectivity index is 2.84. The van der Waals surface area contributed by atoms with Crippen LogP contribution in [-0.4, -0.2) is 41.6 Å². The van der Waals surface area contributed by atoms with Crippen LogP contribution in [0, 0.1) is 5.92 Å². The Morgan fingerprint density at radius 1 is 1.15 bits per heavy atom. The van der Waals surface area contributed by atoms with Gasteiger partial charge in [0.05, 0.1) is 0 Å². The summed E-state index contributed by atoms with van der Waals surface area (Å²) in [6.07, 6.45) is 2.19. The molecule has 2 amide bonds. The van der Waals surface area contributed by atoms with Gasteiger partial charge in [0.2, 0.25) is 11.8 Å². The predicted molar refractivity (Wildman–Crippen MR) is 102 cm³/mol. The Labute approximate surface area is 159 Å². The molecule has 0 fully saturated rings. The molecule has 1 aromatic rings. The second kappa shape index (κ2) is 11.0. The van der Waals surface area contributed by atoms with Crippen LogP contribution in [0.1, 0.15) is 32.8 Å². The smallest absolute Gasteiger partial charge is 0.326 e. The van der Waals surface area contributed by atoms with Crippen LogP contribution in [0.3, 0.4) is 0 Å². The van der Waals surface area contributed by atoms with Crippen LogP contribution in [-0.2, 0) is 20.8 Å². The third-order valence-corrected chi connectivity index (χ3v) is 3.75. The number of hydrogen-bond donors (Lipinski definition) is 3. The standard InChI is InChI=1S/C20H28N2O5/c1-5-10-27-16-8-6-15(7-9-16)12-17(21-14(4)23)19(24)22-18(20(25)26)11-13(2)3/h5-9,13,17-18H,1,10-12H2,2-4H3,(H,21,23)(H,22,24)(H,25,26)/t17-,18-/m0/s1. The lowest BCUT2D eigenvalue weighted by Gasteiger charge is -2.22. The lowest BCUT2D eigenvalue weighted by molar-refractivity contribution is -0.142. The molecule has 27 heavy (non-hydrogen) atoms. The van der Waals surface area contributed by atoms with Gasteiger partial charge in [-0.2, -0.15) is 0 Å². The highest BCUT2D eigenvalue weighted by Gasteiger charge is 2.26. The predicted octanol–water partition coefficient (Wildman–Crippen LogP) is 1.91. The van der Waals surface area contributed by atoms with E-state index in [4.69, 9.17) is 4.74 Å². The van der Waals surface area contributed by atoms with E-state index in [1.54, 1.807) is 30.3 Å². The molecule has 0 saturated carbocycles. The maximum Gasteiger partial charge on any atom is 0.326 e. The minimum atomic E-state index is -1.10. The summed E-state index contributed by atoms with van der Waals surface area (Å²) in [6, 6.07) is 5.26. The Morgan fingerprint density at radius 2 is 1.78 bits per heavy atom. The summed E-state index contributed by atoms with van der Waals surface area (Å²) in [5.41, 5.74) is 0.811. The fourth-order valence-corrected chi connectivity index (χ4v) is 2.53. The number of aliphatic carboxylic acids is 1. The van der Waals surface area contributed by atoms with Crippen molar-refractivity contribution in [2.45, 2.75) is 45.7 Å². The average molecular weight is 376 g/mol. The summed E-state index contributed by atoms with van der Waals surface area (Å²) < 4.78 is 5.41. The van der Waals surface area contributed by atoms with Gasteiger partial charge >= 0.3 is 5.97 Å². The first-order valence-electron chi connectivity index (χ1n) is 8.85. The molecule has 0 bridgehead atoms. The zero-order valence-corrected chi connectivity index (χ0v) is 16.0. The SMILES string of the molecule is C=CCOc1ccc(C[C@H](NC(C)=O)C(=O)N[C@@H](CC(C)C)C(=O)O)cc1. The van der Waals surface area contributed by atoms with Crippen molar-refractivity contribution in [1.29, 1.82) is 0 Å². The molecule has 0 radical (unpaired) electrons. The fraction of sp³-hybridized carbons (Fsp3) is 0.450. The Hall–Kier alpha value is -2.83. The van der Waals surface area contributed by atoms with Crippen LogP contribution in [0.15, 0.2) is 36.9 Å². The molecule has 0 aliphatic heterocycles. The topological polar surface area (TPSA) is 105 Å². The number of ether oxygens (including phenoxy) is 1. The molecule has 0 unspecified atom stereocenters. The van der Waals surface area contributed by atoms with Gasteiger partial charge in [-0.05, 0) is 30.0 Å². The minimum absolute atomic E-state index is 0.105. The van der Waals surface area contributed by atoms with Crippen LogP contribution >= 0.6 is 0 Å². The number of amides is 2. The van der Waals surface area contributed by atoms with Gasteiger partial charge in [0.25, 0.3) is 0 Å². The molecule has 2 atom stereocenters. The molecule has 0 aromatic heterocycles. The van der Waals surface area contributed by atoms with Gasteiger partial charge in [-0.1, -0.05) is 38.6 Å². The Morgan fingerprint density at radius 3 is 2.26 bits per heavy atom. The molecule has 148 valence electrons. The second-order valence-corrected chi connectivity index (χ2v) is 6.73. The number of benzene rings is 1.